The number of ether oxygens (including phenoxy) is 4. The zero-order chi connectivity index (χ0) is 19.2. The van der Waals surface area contributed by atoms with Crippen LogP contribution in [-0.4, -0.2) is 31.3 Å². The Morgan fingerprint density at radius 2 is 1.59 bits per heavy atom. The number of hydrogen-bond donors (Lipinski definition) is 1. The number of anilines is 2. The smallest absolute Gasteiger partial charge is 0.238 e. The molecule has 0 amide bonds. The van der Waals surface area contributed by atoms with E-state index in [4.69, 9.17) is 18.9 Å². The van der Waals surface area contributed by atoms with E-state index in [1.807, 2.05) is 30.3 Å². The van der Waals surface area contributed by atoms with Crippen LogP contribution in [0.15, 0.2) is 53.1 Å². The number of rotatable bonds is 7. The van der Waals surface area contributed by atoms with E-state index in [0.29, 0.717) is 45.0 Å². The molecule has 1 N–H and O–H groups in total. The molecule has 0 radical (unpaired) electrons. The molecular formula is C19H18BrN3O4. The number of benzene rings is 2. The molecule has 0 spiro atoms. The van der Waals surface area contributed by atoms with E-state index in [0.717, 1.165) is 0 Å². The van der Waals surface area contributed by atoms with Crippen LogP contribution in [-0.2, 0) is 0 Å². The molecule has 0 unspecified atom stereocenters. The maximum absolute atomic E-state index is 5.81. The van der Waals surface area contributed by atoms with Gasteiger partial charge in [-0.2, -0.15) is 4.98 Å². The van der Waals surface area contributed by atoms with Gasteiger partial charge in [0.2, 0.25) is 17.6 Å². The first-order valence-corrected chi connectivity index (χ1v) is 8.76. The molecule has 0 aliphatic rings. The number of nitrogens with one attached hydrogen (secondary N) is 1. The molecule has 27 heavy (non-hydrogen) atoms. The van der Waals surface area contributed by atoms with Crippen LogP contribution in [0.1, 0.15) is 0 Å². The summed E-state index contributed by atoms with van der Waals surface area (Å²) >= 11 is 3.40. The zero-order valence-electron chi connectivity index (χ0n) is 15.0. The Morgan fingerprint density at radius 3 is 2.19 bits per heavy atom. The molecule has 0 atom stereocenters. The molecule has 3 aromatic rings. The quantitative estimate of drug-likeness (QED) is 0.575. The van der Waals surface area contributed by atoms with Gasteiger partial charge in [0.25, 0.3) is 0 Å². The highest BCUT2D eigenvalue weighted by atomic mass is 79.9. The van der Waals surface area contributed by atoms with Gasteiger partial charge in [-0.3, -0.25) is 0 Å². The van der Waals surface area contributed by atoms with Gasteiger partial charge in [0, 0.05) is 17.8 Å². The summed E-state index contributed by atoms with van der Waals surface area (Å²) < 4.78 is 22.5. The molecule has 0 saturated heterocycles. The second-order valence-corrected chi connectivity index (χ2v) is 6.16. The summed E-state index contributed by atoms with van der Waals surface area (Å²) in [5, 5.41) is 3.12. The van der Waals surface area contributed by atoms with Crippen LogP contribution in [0, 0.1) is 0 Å². The maximum atomic E-state index is 5.81. The Bertz CT molecular complexity index is 897. The van der Waals surface area contributed by atoms with Crippen molar-refractivity contribution in [3.8, 4) is 28.9 Å². The van der Waals surface area contributed by atoms with Gasteiger partial charge in [-0.15, -0.1) is 0 Å². The van der Waals surface area contributed by atoms with Crippen LogP contribution in [0.4, 0.5) is 11.6 Å². The summed E-state index contributed by atoms with van der Waals surface area (Å²) in [5.74, 6) is 2.99. The van der Waals surface area contributed by atoms with Gasteiger partial charge in [0.15, 0.2) is 11.5 Å². The molecule has 0 aliphatic heterocycles. The number of methoxy groups -OCH3 is 3. The maximum Gasteiger partial charge on any atom is 0.238 e. The monoisotopic (exact) mass is 431 g/mol. The van der Waals surface area contributed by atoms with E-state index in [9.17, 15) is 0 Å². The molecule has 7 nitrogen and oxygen atoms in total. The number of aromatic nitrogens is 2. The molecular weight excluding hydrogens is 414 g/mol. The van der Waals surface area contributed by atoms with Gasteiger partial charge in [-0.05, 0) is 28.1 Å². The Kier molecular flexibility index (Phi) is 5.97. The fourth-order valence-electron chi connectivity index (χ4n) is 2.37. The lowest BCUT2D eigenvalue weighted by atomic mass is 10.2. The van der Waals surface area contributed by atoms with Gasteiger partial charge >= 0.3 is 0 Å². The summed E-state index contributed by atoms with van der Waals surface area (Å²) in [6, 6.07) is 12.9. The minimum Gasteiger partial charge on any atom is -0.493 e. The van der Waals surface area contributed by atoms with Gasteiger partial charge in [0.1, 0.15) is 5.75 Å². The lowest BCUT2D eigenvalue weighted by Gasteiger charge is -2.15. The van der Waals surface area contributed by atoms with Gasteiger partial charge in [-0.25, -0.2) is 4.98 Å². The first kappa shape index (κ1) is 18.8. The van der Waals surface area contributed by atoms with Crippen molar-refractivity contribution in [3.05, 3.63) is 53.1 Å². The highest BCUT2D eigenvalue weighted by Gasteiger charge is 2.14. The van der Waals surface area contributed by atoms with Crippen molar-refractivity contribution in [3.63, 3.8) is 0 Å². The topological polar surface area (TPSA) is 74.7 Å². The third-order valence-electron chi connectivity index (χ3n) is 3.59. The molecule has 0 saturated carbocycles. The van der Waals surface area contributed by atoms with Crippen LogP contribution in [0.2, 0.25) is 0 Å². The van der Waals surface area contributed by atoms with Crippen molar-refractivity contribution in [2.24, 2.45) is 0 Å². The van der Waals surface area contributed by atoms with Crippen molar-refractivity contribution in [2.75, 3.05) is 26.6 Å². The van der Waals surface area contributed by atoms with Crippen LogP contribution < -0.4 is 24.3 Å². The summed E-state index contributed by atoms with van der Waals surface area (Å²) in [6.45, 7) is 0. The minimum absolute atomic E-state index is 0.360. The number of para-hydroxylation sites is 1. The SMILES string of the molecule is COc1cc(Nc2ncc(Br)c(Oc3ccccc3)n2)cc(OC)c1OC. The Morgan fingerprint density at radius 1 is 0.926 bits per heavy atom. The number of halogens is 1. The second-order valence-electron chi connectivity index (χ2n) is 5.30. The van der Waals surface area contributed by atoms with Crippen LogP contribution in [0.25, 0.3) is 0 Å². The first-order chi connectivity index (χ1) is 13.1. The molecule has 0 aliphatic carbocycles. The Hall–Kier alpha value is -3.00. The molecule has 2 aromatic carbocycles. The number of nitrogens with zero attached hydrogens (tertiary/aromatic N) is 2. The summed E-state index contributed by atoms with van der Waals surface area (Å²) in [6.07, 6.45) is 1.62. The molecule has 8 heteroatoms. The molecule has 0 bridgehead atoms. The fraction of sp³-hybridized carbons (Fsp3) is 0.158. The third-order valence-corrected chi connectivity index (χ3v) is 4.13. The van der Waals surface area contributed by atoms with Gasteiger partial charge in [-0.1, -0.05) is 18.2 Å². The standard InChI is InChI=1S/C19H18BrN3O4/c1-24-15-9-12(10-16(25-2)17(15)26-3)22-19-21-11-14(20)18(23-19)27-13-7-5-4-6-8-13/h4-11H,1-3H3,(H,21,22,23). The average molecular weight is 432 g/mol. The lowest BCUT2D eigenvalue weighted by molar-refractivity contribution is 0.324. The van der Waals surface area contributed by atoms with Crippen molar-refractivity contribution in [2.45, 2.75) is 0 Å². The zero-order valence-corrected chi connectivity index (χ0v) is 16.6. The molecule has 3 rings (SSSR count). The molecule has 1 heterocycles. The number of hydrogen-bond acceptors (Lipinski definition) is 7. The van der Waals surface area contributed by atoms with Crippen molar-refractivity contribution in [1.82, 2.24) is 9.97 Å². The normalized spacial score (nSPS) is 10.2. The van der Waals surface area contributed by atoms with E-state index >= 15 is 0 Å². The predicted octanol–water partition coefficient (Wildman–Crippen LogP) is 4.80. The summed E-state index contributed by atoms with van der Waals surface area (Å²) in [4.78, 5) is 8.68. The van der Waals surface area contributed by atoms with Crippen LogP contribution in [0.3, 0.4) is 0 Å². The first-order valence-electron chi connectivity index (χ1n) is 7.97. The van der Waals surface area contributed by atoms with Crippen LogP contribution in [0.5, 0.6) is 28.9 Å². The highest BCUT2D eigenvalue weighted by molar-refractivity contribution is 9.10. The van der Waals surface area contributed by atoms with E-state index < -0.39 is 0 Å². The van der Waals surface area contributed by atoms with Crippen LogP contribution >= 0.6 is 15.9 Å². The molecule has 0 fully saturated rings. The largest absolute Gasteiger partial charge is 0.493 e. The van der Waals surface area contributed by atoms with E-state index in [2.05, 4.69) is 31.2 Å². The average Bonchev–Trinajstić information content (AvgIpc) is 2.70. The Balaban J connectivity index is 1.89. The van der Waals surface area contributed by atoms with E-state index in [-0.39, 0.29) is 0 Å². The van der Waals surface area contributed by atoms with Gasteiger partial charge in [0.05, 0.1) is 32.0 Å². The third kappa shape index (κ3) is 4.40. The van der Waals surface area contributed by atoms with E-state index in [1.165, 1.54) is 0 Å². The minimum atomic E-state index is 0.360. The predicted molar refractivity (Wildman–Crippen MR) is 106 cm³/mol. The van der Waals surface area contributed by atoms with Crippen molar-refractivity contribution >= 4 is 27.6 Å². The van der Waals surface area contributed by atoms with E-state index in [1.54, 1.807) is 39.7 Å². The van der Waals surface area contributed by atoms with Crippen molar-refractivity contribution in [1.29, 1.82) is 0 Å². The Labute approximate surface area is 165 Å². The molecule has 140 valence electrons. The second kappa shape index (κ2) is 8.59. The lowest BCUT2D eigenvalue weighted by Crippen LogP contribution is -2.01. The highest BCUT2D eigenvalue weighted by Crippen LogP contribution is 2.40. The molecule has 1 aromatic heterocycles. The van der Waals surface area contributed by atoms with Crippen molar-refractivity contribution < 1.29 is 18.9 Å². The fourth-order valence-corrected chi connectivity index (χ4v) is 2.64. The summed E-state index contributed by atoms with van der Waals surface area (Å²) in [7, 11) is 4.67. The van der Waals surface area contributed by atoms with Gasteiger partial charge < -0.3 is 24.3 Å². The summed E-state index contributed by atoms with van der Waals surface area (Å²) in [5.41, 5.74) is 0.678.